The zero-order valence-electron chi connectivity index (χ0n) is 15.4. The Morgan fingerprint density at radius 1 is 1.21 bits per heavy atom. The van der Waals surface area contributed by atoms with Gasteiger partial charge >= 0.3 is 0 Å². The molecule has 0 aliphatic carbocycles. The monoisotopic (exact) mass is 440 g/mol. The third kappa shape index (κ3) is 5.13. The number of halogens is 2. The molecule has 0 saturated carbocycles. The van der Waals surface area contributed by atoms with Crippen molar-refractivity contribution in [3.05, 3.63) is 48.0 Å². The summed E-state index contributed by atoms with van der Waals surface area (Å²) in [5.41, 5.74) is 0.460. The summed E-state index contributed by atoms with van der Waals surface area (Å²) in [4.78, 5) is 24.8. The van der Waals surface area contributed by atoms with E-state index in [-0.39, 0.29) is 28.8 Å². The lowest BCUT2D eigenvalue weighted by atomic mass is 10.2. The number of thioether (sulfide) groups is 1. The fourth-order valence-electron chi connectivity index (χ4n) is 2.61. The summed E-state index contributed by atoms with van der Waals surface area (Å²) in [6.45, 7) is 1.79. The Balaban J connectivity index is 1.68. The van der Waals surface area contributed by atoms with Gasteiger partial charge in [-0.05, 0) is 30.3 Å². The summed E-state index contributed by atoms with van der Waals surface area (Å²) >= 11 is 1.46. The second kappa shape index (κ2) is 8.50. The molecular weight excluding hydrogens is 422 g/mol. The van der Waals surface area contributed by atoms with Crippen molar-refractivity contribution in [1.29, 1.82) is 0 Å². The van der Waals surface area contributed by atoms with Crippen molar-refractivity contribution in [3.63, 3.8) is 0 Å². The number of anilines is 2. The lowest BCUT2D eigenvalue weighted by Crippen LogP contribution is -2.20. The Bertz CT molecular complexity index is 1070. The standard InChI is InChI=1S/C19H18F2N2O4S2/c1-11-10-28-17-5-3-13(9-16(17)23-19(11)25)29(26,27)7-6-18(24)22-12-2-4-14(20)15(21)8-12/h2-5,8-9,11H,6-7,10H2,1H3,(H,22,24)(H,23,25). The molecule has 154 valence electrons. The van der Waals surface area contributed by atoms with Crippen LogP contribution in [-0.4, -0.2) is 31.7 Å². The van der Waals surface area contributed by atoms with Crippen molar-refractivity contribution in [2.45, 2.75) is 23.1 Å². The van der Waals surface area contributed by atoms with Crippen LogP contribution < -0.4 is 10.6 Å². The Morgan fingerprint density at radius 3 is 2.69 bits per heavy atom. The van der Waals surface area contributed by atoms with Gasteiger partial charge in [0.15, 0.2) is 21.5 Å². The van der Waals surface area contributed by atoms with Gasteiger partial charge in [0.1, 0.15) is 0 Å². The highest BCUT2D eigenvalue weighted by Crippen LogP contribution is 2.34. The largest absolute Gasteiger partial charge is 0.326 e. The number of nitrogens with one attached hydrogen (secondary N) is 2. The summed E-state index contributed by atoms with van der Waals surface area (Å²) in [7, 11) is -3.79. The first-order valence-corrected chi connectivity index (χ1v) is 11.3. The van der Waals surface area contributed by atoms with E-state index in [1.807, 2.05) is 0 Å². The molecule has 0 spiro atoms. The lowest BCUT2D eigenvalue weighted by molar-refractivity contribution is -0.118. The molecule has 0 radical (unpaired) electrons. The van der Waals surface area contributed by atoms with Crippen LogP contribution >= 0.6 is 11.8 Å². The summed E-state index contributed by atoms with van der Waals surface area (Å²) < 4.78 is 51.3. The molecule has 10 heteroatoms. The number of hydrogen-bond donors (Lipinski definition) is 2. The molecule has 6 nitrogen and oxygen atoms in total. The molecule has 3 rings (SSSR count). The highest BCUT2D eigenvalue weighted by Gasteiger charge is 2.23. The fraction of sp³-hybridized carbons (Fsp3) is 0.263. The van der Waals surface area contributed by atoms with E-state index in [9.17, 15) is 26.8 Å². The molecule has 2 aromatic carbocycles. The van der Waals surface area contributed by atoms with Crippen LogP contribution in [0.4, 0.5) is 20.2 Å². The molecule has 2 N–H and O–H groups in total. The third-order valence-electron chi connectivity index (χ3n) is 4.31. The predicted octanol–water partition coefficient (Wildman–Crippen LogP) is 3.45. The molecule has 0 fully saturated rings. The van der Waals surface area contributed by atoms with Crippen LogP contribution in [0.1, 0.15) is 13.3 Å². The van der Waals surface area contributed by atoms with Crippen LogP contribution in [0.5, 0.6) is 0 Å². The predicted molar refractivity (Wildman–Crippen MR) is 107 cm³/mol. The van der Waals surface area contributed by atoms with Gasteiger partial charge in [0, 0.05) is 34.7 Å². The highest BCUT2D eigenvalue weighted by molar-refractivity contribution is 7.99. The van der Waals surface area contributed by atoms with Crippen molar-refractivity contribution in [1.82, 2.24) is 0 Å². The topological polar surface area (TPSA) is 92.3 Å². The van der Waals surface area contributed by atoms with Gasteiger partial charge in [0.25, 0.3) is 0 Å². The smallest absolute Gasteiger partial charge is 0.228 e. The summed E-state index contributed by atoms with van der Waals surface area (Å²) in [6.07, 6.45) is -0.365. The Morgan fingerprint density at radius 2 is 1.97 bits per heavy atom. The van der Waals surface area contributed by atoms with Gasteiger partial charge in [0.05, 0.1) is 16.3 Å². The van der Waals surface area contributed by atoms with Crippen molar-refractivity contribution in [3.8, 4) is 0 Å². The normalized spacial score (nSPS) is 16.5. The van der Waals surface area contributed by atoms with E-state index >= 15 is 0 Å². The van der Waals surface area contributed by atoms with E-state index in [2.05, 4.69) is 10.6 Å². The maximum atomic E-state index is 13.2. The van der Waals surface area contributed by atoms with Gasteiger partial charge < -0.3 is 10.6 Å². The van der Waals surface area contributed by atoms with Crippen molar-refractivity contribution in [2.24, 2.45) is 5.92 Å². The molecule has 1 aliphatic rings. The van der Waals surface area contributed by atoms with Gasteiger partial charge in [-0.1, -0.05) is 6.92 Å². The quantitative estimate of drug-likeness (QED) is 0.743. The van der Waals surface area contributed by atoms with Gasteiger partial charge in [-0.2, -0.15) is 0 Å². The highest BCUT2D eigenvalue weighted by atomic mass is 32.2. The van der Waals surface area contributed by atoms with Crippen LogP contribution in [0.2, 0.25) is 0 Å². The number of amides is 2. The zero-order valence-corrected chi connectivity index (χ0v) is 17.0. The first kappa shape index (κ1) is 21.3. The van der Waals surface area contributed by atoms with Crippen LogP contribution in [0.15, 0.2) is 46.2 Å². The number of carbonyl (C=O) groups excluding carboxylic acids is 2. The molecule has 1 atom stereocenters. The second-order valence-corrected chi connectivity index (χ2v) is 9.78. The molecule has 0 bridgehead atoms. The van der Waals surface area contributed by atoms with Gasteiger partial charge in [-0.3, -0.25) is 9.59 Å². The van der Waals surface area contributed by atoms with Gasteiger partial charge in [0.2, 0.25) is 11.8 Å². The second-order valence-electron chi connectivity index (χ2n) is 6.61. The van der Waals surface area contributed by atoms with E-state index in [1.165, 1.54) is 30.0 Å². The molecule has 0 saturated heterocycles. The van der Waals surface area contributed by atoms with Crippen LogP contribution in [0, 0.1) is 17.6 Å². The first-order valence-electron chi connectivity index (χ1n) is 8.71. The Kier molecular flexibility index (Phi) is 6.23. The molecule has 1 aliphatic heterocycles. The van der Waals surface area contributed by atoms with E-state index < -0.39 is 33.1 Å². The summed E-state index contributed by atoms with van der Waals surface area (Å²) in [6, 6.07) is 7.32. The molecule has 2 amide bonds. The average Bonchev–Trinajstić information content (AvgIpc) is 2.81. The van der Waals surface area contributed by atoms with E-state index in [0.29, 0.717) is 11.4 Å². The Hall–Kier alpha value is -2.46. The summed E-state index contributed by atoms with van der Waals surface area (Å²) in [5, 5.41) is 5.05. The lowest BCUT2D eigenvalue weighted by Gasteiger charge is -2.10. The van der Waals surface area contributed by atoms with Crippen molar-refractivity contribution >= 4 is 44.8 Å². The molecular formula is C19H18F2N2O4S2. The number of benzene rings is 2. The molecule has 1 unspecified atom stereocenters. The van der Waals surface area contributed by atoms with Crippen LogP contribution in [0.3, 0.4) is 0 Å². The maximum absolute atomic E-state index is 13.2. The minimum atomic E-state index is -3.79. The number of hydrogen-bond acceptors (Lipinski definition) is 5. The minimum absolute atomic E-state index is 0.00710. The number of rotatable bonds is 5. The van der Waals surface area contributed by atoms with E-state index in [4.69, 9.17) is 0 Å². The SMILES string of the molecule is CC1CSc2ccc(S(=O)(=O)CCC(=O)Nc3ccc(F)c(F)c3)cc2NC1=O. The van der Waals surface area contributed by atoms with Crippen molar-refractivity contribution < 1.29 is 26.8 Å². The first-order chi connectivity index (χ1) is 13.7. The molecule has 1 heterocycles. The minimum Gasteiger partial charge on any atom is -0.326 e. The number of fused-ring (bicyclic) bond motifs is 1. The molecule has 0 aromatic heterocycles. The van der Waals surface area contributed by atoms with Gasteiger partial charge in [-0.25, -0.2) is 17.2 Å². The average molecular weight is 440 g/mol. The zero-order chi connectivity index (χ0) is 21.2. The Labute approximate surface area is 171 Å². The maximum Gasteiger partial charge on any atom is 0.228 e. The number of sulfone groups is 1. The van der Waals surface area contributed by atoms with Crippen molar-refractivity contribution in [2.75, 3.05) is 22.1 Å². The van der Waals surface area contributed by atoms with Gasteiger partial charge in [-0.15, -0.1) is 11.8 Å². The number of carbonyl (C=O) groups is 2. The molecule has 29 heavy (non-hydrogen) atoms. The van der Waals surface area contributed by atoms with E-state index in [0.717, 1.165) is 17.0 Å². The fourth-order valence-corrected chi connectivity index (χ4v) is 4.89. The van der Waals surface area contributed by atoms with Crippen LogP contribution in [-0.2, 0) is 19.4 Å². The van der Waals surface area contributed by atoms with E-state index in [1.54, 1.807) is 13.0 Å². The summed E-state index contributed by atoms with van der Waals surface area (Å²) in [5.74, 6) is -3.08. The van der Waals surface area contributed by atoms with Crippen LogP contribution in [0.25, 0.3) is 0 Å². The molecule has 2 aromatic rings. The third-order valence-corrected chi connectivity index (χ3v) is 7.35.